The van der Waals surface area contributed by atoms with E-state index in [1.165, 1.54) is 6.92 Å². The molecule has 0 heterocycles. The third-order valence-corrected chi connectivity index (χ3v) is 1.80. The minimum atomic E-state index is -0.433. The van der Waals surface area contributed by atoms with Gasteiger partial charge in [0.25, 0.3) is 0 Å². The molecule has 0 saturated carbocycles. The zero-order valence-electron chi connectivity index (χ0n) is 8.98. The Bertz CT molecular complexity index is 385. The van der Waals surface area contributed by atoms with E-state index >= 15 is 0 Å². The van der Waals surface area contributed by atoms with Crippen molar-refractivity contribution in [1.29, 1.82) is 0 Å². The van der Waals surface area contributed by atoms with E-state index in [1.54, 1.807) is 14.0 Å². The topological polar surface area (TPSA) is 47.9 Å². The van der Waals surface area contributed by atoms with Gasteiger partial charge in [0.1, 0.15) is 5.75 Å². The van der Waals surface area contributed by atoms with Crippen LogP contribution in [0, 0.1) is 0 Å². The lowest BCUT2D eigenvalue weighted by Gasteiger charge is -2.03. The summed E-state index contributed by atoms with van der Waals surface area (Å²) in [7, 11) is 1.59. The van der Waals surface area contributed by atoms with Crippen molar-refractivity contribution in [3.8, 4) is 5.75 Å². The van der Waals surface area contributed by atoms with E-state index in [0.717, 1.165) is 11.3 Å². The van der Waals surface area contributed by atoms with Crippen molar-refractivity contribution in [2.45, 2.75) is 13.8 Å². The molecule has 0 saturated heterocycles. The smallest absolute Gasteiger partial charge is 0.331 e. The van der Waals surface area contributed by atoms with Gasteiger partial charge in [-0.05, 0) is 19.1 Å². The number of hydrogen-bond acceptors (Lipinski definition) is 4. The Balaban J connectivity index is 2.85. The van der Waals surface area contributed by atoms with Crippen LogP contribution in [0.25, 0.3) is 0 Å². The monoisotopic (exact) mass is 207 g/mol. The van der Waals surface area contributed by atoms with E-state index in [2.05, 4.69) is 9.99 Å². The van der Waals surface area contributed by atoms with Gasteiger partial charge in [0.05, 0.1) is 12.8 Å². The molecular formula is C11H13NO3. The van der Waals surface area contributed by atoms with Gasteiger partial charge < -0.3 is 9.57 Å². The summed E-state index contributed by atoms with van der Waals surface area (Å²) in [4.78, 5) is 15.1. The molecule has 0 amide bonds. The van der Waals surface area contributed by atoms with Crippen LogP contribution in [0.1, 0.15) is 19.4 Å². The number of ether oxygens (including phenoxy) is 1. The van der Waals surface area contributed by atoms with Gasteiger partial charge in [-0.25, -0.2) is 4.79 Å². The Morgan fingerprint density at radius 1 is 1.33 bits per heavy atom. The molecule has 4 heteroatoms. The Kier molecular flexibility index (Phi) is 3.85. The summed E-state index contributed by atoms with van der Waals surface area (Å²) in [6.07, 6.45) is 0. The predicted molar refractivity (Wildman–Crippen MR) is 57.0 cm³/mol. The van der Waals surface area contributed by atoms with Crippen LogP contribution >= 0.6 is 0 Å². The van der Waals surface area contributed by atoms with Crippen molar-refractivity contribution >= 4 is 11.7 Å². The van der Waals surface area contributed by atoms with Crippen molar-refractivity contribution in [3.05, 3.63) is 29.8 Å². The van der Waals surface area contributed by atoms with Crippen molar-refractivity contribution in [2.24, 2.45) is 5.16 Å². The van der Waals surface area contributed by atoms with Gasteiger partial charge in [0.2, 0.25) is 0 Å². The van der Waals surface area contributed by atoms with Gasteiger partial charge >= 0.3 is 5.97 Å². The SMILES string of the molecule is COc1cccc(/C(C)=N/OC(C)=O)c1. The van der Waals surface area contributed by atoms with E-state index in [1.807, 2.05) is 24.3 Å². The molecule has 0 radical (unpaired) electrons. The predicted octanol–water partition coefficient (Wildman–Crippen LogP) is 1.98. The second-order valence-electron chi connectivity index (χ2n) is 2.99. The molecule has 0 aromatic heterocycles. The zero-order valence-corrected chi connectivity index (χ0v) is 8.98. The van der Waals surface area contributed by atoms with E-state index in [0.29, 0.717) is 5.71 Å². The van der Waals surface area contributed by atoms with Crippen LogP contribution in [0.15, 0.2) is 29.4 Å². The number of carbonyl (C=O) groups excluding carboxylic acids is 1. The highest BCUT2D eigenvalue weighted by Gasteiger charge is 2.00. The molecule has 15 heavy (non-hydrogen) atoms. The minimum Gasteiger partial charge on any atom is -0.497 e. The Morgan fingerprint density at radius 3 is 2.67 bits per heavy atom. The normalized spacial score (nSPS) is 11.0. The van der Waals surface area contributed by atoms with Crippen molar-refractivity contribution in [3.63, 3.8) is 0 Å². The fraction of sp³-hybridized carbons (Fsp3) is 0.273. The quantitative estimate of drug-likeness (QED) is 0.432. The molecule has 0 aliphatic rings. The highest BCUT2D eigenvalue weighted by molar-refractivity contribution is 5.98. The van der Waals surface area contributed by atoms with Crippen LogP contribution in [0.2, 0.25) is 0 Å². The maximum Gasteiger partial charge on any atom is 0.331 e. The largest absolute Gasteiger partial charge is 0.497 e. The highest BCUT2D eigenvalue weighted by atomic mass is 16.7. The molecule has 80 valence electrons. The van der Waals surface area contributed by atoms with Crippen LogP contribution in [0.3, 0.4) is 0 Å². The fourth-order valence-electron chi connectivity index (χ4n) is 1.03. The average molecular weight is 207 g/mol. The maximum atomic E-state index is 10.5. The van der Waals surface area contributed by atoms with E-state index < -0.39 is 5.97 Å². The molecule has 0 aliphatic carbocycles. The number of hydrogen-bond donors (Lipinski definition) is 0. The van der Waals surface area contributed by atoms with Gasteiger partial charge in [-0.2, -0.15) is 0 Å². The molecule has 0 atom stereocenters. The molecule has 0 spiro atoms. The number of rotatable bonds is 3. The Labute approximate surface area is 88.5 Å². The molecule has 1 rings (SSSR count). The molecule has 0 unspecified atom stereocenters. The van der Waals surface area contributed by atoms with Crippen molar-refractivity contribution in [2.75, 3.05) is 7.11 Å². The summed E-state index contributed by atoms with van der Waals surface area (Å²) in [5.41, 5.74) is 1.49. The van der Waals surface area contributed by atoms with E-state index in [9.17, 15) is 4.79 Å². The molecule has 1 aromatic rings. The number of nitrogens with zero attached hydrogens (tertiary/aromatic N) is 1. The number of benzene rings is 1. The standard InChI is InChI=1S/C11H13NO3/c1-8(12-15-9(2)13)10-5-4-6-11(7-10)14-3/h4-7H,1-3H3/b12-8+. The summed E-state index contributed by atoms with van der Waals surface area (Å²) in [6, 6.07) is 7.37. The lowest BCUT2D eigenvalue weighted by Crippen LogP contribution is -1.99. The first-order valence-corrected chi connectivity index (χ1v) is 4.50. The molecule has 0 fully saturated rings. The number of methoxy groups -OCH3 is 1. The highest BCUT2D eigenvalue weighted by Crippen LogP contribution is 2.13. The average Bonchev–Trinajstić information content (AvgIpc) is 2.26. The summed E-state index contributed by atoms with van der Waals surface area (Å²) in [6.45, 7) is 3.07. The second kappa shape index (κ2) is 5.14. The molecule has 0 aliphatic heterocycles. The molecule has 1 aromatic carbocycles. The summed E-state index contributed by atoms with van der Waals surface area (Å²) >= 11 is 0. The third kappa shape index (κ3) is 3.42. The van der Waals surface area contributed by atoms with Crippen LogP contribution in [0.4, 0.5) is 0 Å². The lowest BCUT2D eigenvalue weighted by molar-refractivity contribution is -0.140. The Hall–Kier alpha value is -1.84. The second-order valence-corrected chi connectivity index (χ2v) is 2.99. The summed E-state index contributed by atoms with van der Waals surface area (Å²) in [5, 5.41) is 3.68. The van der Waals surface area contributed by atoms with Gasteiger partial charge in [-0.15, -0.1) is 0 Å². The van der Waals surface area contributed by atoms with Gasteiger partial charge in [-0.3, -0.25) is 0 Å². The molecule has 0 bridgehead atoms. The minimum absolute atomic E-state index is 0.433. The van der Waals surface area contributed by atoms with E-state index in [-0.39, 0.29) is 0 Å². The zero-order chi connectivity index (χ0) is 11.3. The molecular weight excluding hydrogens is 194 g/mol. The van der Waals surface area contributed by atoms with Crippen LogP contribution in [-0.4, -0.2) is 18.8 Å². The van der Waals surface area contributed by atoms with Gasteiger partial charge in [0, 0.05) is 12.5 Å². The lowest BCUT2D eigenvalue weighted by atomic mass is 10.1. The maximum absolute atomic E-state index is 10.5. The van der Waals surface area contributed by atoms with Gasteiger partial charge in [-0.1, -0.05) is 17.3 Å². The Morgan fingerprint density at radius 2 is 2.07 bits per heavy atom. The molecule has 0 N–H and O–H groups in total. The van der Waals surface area contributed by atoms with Gasteiger partial charge in [0.15, 0.2) is 0 Å². The molecule has 4 nitrogen and oxygen atoms in total. The third-order valence-electron chi connectivity index (χ3n) is 1.80. The number of oxime groups is 1. The van der Waals surface area contributed by atoms with Crippen molar-refractivity contribution < 1.29 is 14.4 Å². The van der Waals surface area contributed by atoms with Crippen LogP contribution in [0.5, 0.6) is 5.75 Å². The first kappa shape index (κ1) is 11.2. The van der Waals surface area contributed by atoms with Crippen molar-refractivity contribution in [1.82, 2.24) is 0 Å². The first-order chi connectivity index (χ1) is 7.13. The van der Waals surface area contributed by atoms with E-state index in [4.69, 9.17) is 4.74 Å². The van der Waals surface area contributed by atoms with Crippen LogP contribution < -0.4 is 4.74 Å². The summed E-state index contributed by atoms with van der Waals surface area (Å²) in [5.74, 6) is 0.308. The fourth-order valence-corrected chi connectivity index (χ4v) is 1.03. The summed E-state index contributed by atoms with van der Waals surface area (Å²) < 4.78 is 5.07. The van der Waals surface area contributed by atoms with Crippen LogP contribution in [-0.2, 0) is 9.63 Å². The first-order valence-electron chi connectivity index (χ1n) is 4.50. The number of carbonyl (C=O) groups is 1.